The van der Waals surface area contributed by atoms with Gasteiger partial charge in [-0.15, -0.1) is 5.23 Å². The molecule has 10 heteroatoms. The maximum Gasteiger partial charge on any atom is 0.346 e. The van der Waals surface area contributed by atoms with Gasteiger partial charge in [-0.1, -0.05) is 12.1 Å². The van der Waals surface area contributed by atoms with Crippen molar-refractivity contribution in [2.24, 2.45) is 0 Å². The zero-order valence-electron chi connectivity index (χ0n) is 16.2. The molecule has 1 aromatic carbocycles. The number of carbonyl (C=O) groups is 3. The Morgan fingerprint density at radius 1 is 0.897 bits per heavy atom. The molecule has 0 saturated carbocycles. The number of rotatable bonds is 9. The lowest BCUT2D eigenvalue weighted by Crippen LogP contribution is -2.23. The van der Waals surface area contributed by atoms with E-state index in [0.717, 1.165) is 0 Å². The van der Waals surface area contributed by atoms with E-state index in [1.807, 2.05) is 0 Å². The van der Waals surface area contributed by atoms with E-state index in [0.29, 0.717) is 0 Å². The molecule has 0 atom stereocenters. The molecule has 0 spiro atoms. The first-order valence-corrected chi connectivity index (χ1v) is 8.63. The average molecular weight is 405 g/mol. The van der Waals surface area contributed by atoms with E-state index < -0.39 is 29.1 Å². The Kier molecular flexibility index (Phi) is 9.27. The number of carbonyl (C=O) groups excluding carboxylic acids is 3. The Labute approximate surface area is 167 Å². The van der Waals surface area contributed by atoms with Crippen LogP contribution in [0.25, 0.3) is 11.0 Å². The zero-order valence-corrected chi connectivity index (χ0v) is 16.2. The lowest BCUT2D eigenvalue weighted by Gasteiger charge is -2.17. The molecule has 0 unspecified atom stereocenters. The number of ether oxygens (including phenoxy) is 3. The summed E-state index contributed by atoms with van der Waals surface area (Å²) in [6.07, 6.45) is 0. The largest absolute Gasteiger partial charge is 0.763 e. The summed E-state index contributed by atoms with van der Waals surface area (Å²) in [5, 5.41) is 27.6. The molecule has 0 heterocycles. The first-order valence-electron chi connectivity index (χ1n) is 8.63. The lowest BCUT2D eigenvalue weighted by molar-refractivity contribution is -0.146. The summed E-state index contributed by atoms with van der Waals surface area (Å²) in [5.74, 6) is -1.57. The monoisotopic (exact) mass is 405 g/mol. The first kappa shape index (κ1) is 23.6. The van der Waals surface area contributed by atoms with Crippen LogP contribution in [0.5, 0.6) is 0 Å². The minimum atomic E-state index is -1.09. The van der Waals surface area contributed by atoms with Gasteiger partial charge in [0.05, 0.1) is 31.1 Å². The molecule has 0 aliphatic heterocycles. The molecule has 1 aromatic rings. The molecule has 1 rings (SSSR count). The van der Waals surface area contributed by atoms with E-state index in [-0.39, 0.29) is 41.9 Å². The summed E-state index contributed by atoms with van der Waals surface area (Å²) >= 11 is 0. The molecule has 0 saturated heterocycles. The van der Waals surface area contributed by atoms with Gasteiger partial charge in [0.15, 0.2) is 5.57 Å². The van der Waals surface area contributed by atoms with E-state index in [9.17, 15) is 19.8 Å². The summed E-state index contributed by atoms with van der Waals surface area (Å²) in [4.78, 5) is 37.3. The van der Waals surface area contributed by atoms with Gasteiger partial charge in [0.1, 0.15) is 0 Å². The number of benzene rings is 1. The predicted octanol–water partition coefficient (Wildman–Crippen LogP) is 1.88. The van der Waals surface area contributed by atoms with Gasteiger partial charge in [0, 0.05) is 5.57 Å². The molecule has 2 N–H and O–H groups in total. The van der Waals surface area contributed by atoms with Crippen LogP contribution in [-0.4, -0.2) is 54.0 Å². The molecule has 0 aliphatic carbocycles. The van der Waals surface area contributed by atoms with Crippen molar-refractivity contribution in [2.75, 3.05) is 25.0 Å². The molecular formula is C19H21N2O8-. The SMILES string of the molecule is CCOC(=O)C(=C=[N-])C(=C(C(=O)OCC)C(=O)OCC)c1ccc(N(O)O)cc1. The highest BCUT2D eigenvalue weighted by molar-refractivity contribution is 6.27. The van der Waals surface area contributed by atoms with Gasteiger partial charge in [-0.3, -0.25) is 16.3 Å². The van der Waals surface area contributed by atoms with Crippen molar-refractivity contribution in [2.45, 2.75) is 20.8 Å². The van der Waals surface area contributed by atoms with E-state index in [2.05, 4.69) is 0 Å². The highest BCUT2D eigenvalue weighted by atomic mass is 16.8. The summed E-state index contributed by atoms with van der Waals surface area (Å²) in [6.45, 7) is 4.38. The Balaban J connectivity index is 3.84. The molecule has 0 radical (unpaired) electrons. The van der Waals surface area contributed by atoms with E-state index in [1.165, 1.54) is 45.0 Å². The smallest absolute Gasteiger partial charge is 0.346 e. The second-order valence-electron chi connectivity index (χ2n) is 5.23. The second-order valence-corrected chi connectivity index (χ2v) is 5.23. The lowest BCUT2D eigenvalue weighted by atomic mass is 9.93. The molecule has 0 aromatic heterocycles. The summed E-state index contributed by atoms with van der Waals surface area (Å²) in [6, 6.07) is 5.01. The molecule has 0 fully saturated rings. The van der Waals surface area contributed by atoms with E-state index in [4.69, 9.17) is 24.6 Å². The first-order chi connectivity index (χ1) is 13.8. The van der Waals surface area contributed by atoms with Gasteiger partial charge in [-0.05, 0) is 38.5 Å². The number of nitrogens with zero attached hydrogens (tertiary/aromatic N) is 2. The fourth-order valence-electron chi connectivity index (χ4n) is 2.28. The predicted molar refractivity (Wildman–Crippen MR) is 101 cm³/mol. The van der Waals surface area contributed by atoms with Crippen LogP contribution in [0.2, 0.25) is 0 Å². The van der Waals surface area contributed by atoms with Crippen LogP contribution in [0.4, 0.5) is 5.69 Å². The van der Waals surface area contributed by atoms with Crippen molar-refractivity contribution in [1.29, 1.82) is 0 Å². The average Bonchev–Trinajstić information content (AvgIpc) is 2.68. The number of hydrogen-bond acceptors (Lipinski definition) is 9. The van der Waals surface area contributed by atoms with Crippen LogP contribution in [-0.2, 0) is 28.6 Å². The van der Waals surface area contributed by atoms with Gasteiger partial charge in [-0.2, -0.15) is 0 Å². The van der Waals surface area contributed by atoms with Crippen molar-refractivity contribution in [3.8, 4) is 0 Å². The van der Waals surface area contributed by atoms with Crippen LogP contribution < -0.4 is 5.23 Å². The third-order valence-electron chi connectivity index (χ3n) is 3.44. The summed E-state index contributed by atoms with van der Waals surface area (Å²) in [7, 11) is 0. The highest BCUT2D eigenvalue weighted by Gasteiger charge is 2.31. The molecule has 0 bridgehead atoms. The van der Waals surface area contributed by atoms with Crippen LogP contribution in [0.15, 0.2) is 35.4 Å². The number of hydrogen-bond donors (Lipinski definition) is 2. The minimum Gasteiger partial charge on any atom is -0.763 e. The zero-order chi connectivity index (χ0) is 22.0. The van der Waals surface area contributed by atoms with Crippen LogP contribution in [0.1, 0.15) is 26.3 Å². The van der Waals surface area contributed by atoms with Crippen LogP contribution in [0.3, 0.4) is 0 Å². The normalized spacial score (nSPS) is 9.69. The molecule has 0 amide bonds. The van der Waals surface area contributed by atoms with Crippen molar-refractivity contribution < 1.29 is 39.0 Å². The Hall–Kier alpha value is -3.46. The standard InChI is InChI=1S/C19H21N2O8/c1-4-27-17(22)14(11-20)15(12-7-9-13(10-8-12)21(25)26)16(18(23)28-5-2)19(24)29-6-3/h7-10,25-26H,4-6H2,1-3H3/q-1. The van der Waals surface area contributed by atoms with Crippen LogP contribution >= 0.6 is 0 Å². The van der Waals surface area contributed by atoms with Crippen molar-refractivity contribution in [3.05, 3.63) is 46.4 Å². The third kappa shape index (κ3) is 6.01. The molecule has 29 heavy (non-hydrogen) atoms. The minimum absolute atomic E-state index is 0.0449. The Morgan fingerprint density at radius 2 is 1.34 bits per heavy atom. The van der Waals surface area contributed by atoms with E-state index >= 15 is 0 Å². The Morgan fingerprint density at radius 3 is 1.72 bits per heavy atom. The van der Waals surface area contributed by atoms with Crippen molar-refractivity contribution in [1.82, 2.24) is 0 Å². The topological polar surface area (TPSA) is 145 Å². The fourth-order valence-corrected chi connectivity index (χ4v) is 2.28. The number of anilines is 1. The van der Waals surface area contributed by atoms with E-state index in [1.54, 1.807) is 5.87 Å². The number of esters is 3. The highest BCUT2D eigenvalue weighted by Crippen LogP contribution is 2.29. The van der Waals surface area contributed by atoms with Crippen molar-refractivity contribution >= 4 is 35.0 Å². The summed E-state index contributed by atoms with van der Waals surface area (Å²) < 4.78 is 14.7. The van der Waals surface area contributed by atoms with Gasteiger partial charge in [0.25, 0.3) is 0 Å². The van der Waals surface area contributed by atoms with Gasteiger partial charge < -0.3 is 19.6 Å². The van der Waals surface area contributed by atoms with Crippen LogP contribution in [0, 0.1) is 0 Å². The molecule has 156 valence electrons. The second kappa shape index (κ2) is 11.4. The fraction of sp³-hybridized carbons (Fsp3) is 0.316. The summed E-state index contributed by atoms with van der Waals surface area (Å²) in [5.41, 5.74) is -1.58. The van der Waals surface area contributed by atoms with Gasteiger partial charge in [0.2, 0.25) is 0 Å². The third-order valence-corrected chi connectivity index (χ3v) is 3.44. The molecular weight excluding hydrogens is 384 g/mol. The van der Waals surface area contributed by atoms with Gasteiger partial charge >= 0.3 is 17.9 Å². The quantitative estimate of drug-likeness (QED) is 0.0919. The molecule has 0 aliphatic rings. The maximum absolute atomic E-state index is 12.5. The Bertz CT molecular complexity index is 816. The van der Waals surface area contributed by atoms with Crippen molar-refractivity contribution in [3.63, 3.8) is 0 Å². The molecule has 10 nitrogen and oxygen atoms in total. The maximum atomic E-state index is 12.5. The van der Waals surface area contributed by atoms with Gasteiger partial charge in [-0.25, -0.2) is 14.4 Å².